The van der Waals surface area contributed by atoms with Crippen LogP contribution in [0.4, 0.5) is 30.4 Å². The van der Waals surface area contributed by atoms with Crippen molar-refractivity contribution in [2.24, 2.45) is 0 Å². The molecule has 1 aromatic heterocycles. The number of carbonyl (C=O) groups is 1. The third-order valence-electron chi connectivity index (χ3n) is 5.50. The summed E-state index contributed by atoms with van der Waals surface area (Å²) in [6, 6.07) is 7.27. The number of nitrogens with one attached hydrogen (secondary N) is 2. The van der Waals surface area contributed by atoms with Gasteiger partial charge in [0, 0.05) is 42.9 Å². The third kappa shape index (κ3) is 7.78. The minimum Gasteiger partial charge on any atom is -0.489 e. The first-order chi connectivity index (χ1) is 18.4. The van der Waals surface area contributed by atoms with Crippen LogP contribution >= 0.6 is 11.6 Å². The first kappa shape index (κ1) is 27.6. The van der Waals surface area contributed by atoms with E-state index in [2.05, 4.69) is 30.2 Å². The summed E-state index contributed by atoms with van der Waals surface area (Å²) in [6.45, 7) is -0.0157. The smallest absolute Gasteiger partial charge is 0.345 e. The summed E-state index contributed by atoms with van der Waals surface area (Å²) in [6.07, 6.45) is 4.46. The largest absolute Gasteiger partial charge is 0.489 e. The summed E-state index contributed by atoms with van der Waals surface area (Å²) in [7, 11) is 0. The molecule has 1 fully saturated rings. The zero-order valence-corrected chi connectivity index (χ0v) is 20.9. The molecule has 1 amide bonds. The van der Waals surface area contributed by atoms with Gasteiger partial charge >= 0.3 is 6.61 Å². The van der Waals surface area contributed by atoms with E-state index in [0.717, 1.165) is 13.1 Å². The molecule has 1 aliphatic rings. The van der Waals surface area contributed by atoms with Gasteiger partial charge in [-0.2, -0.15) is 8.78 Å². The number of rotatable bonds is 11. The van der Waals surface area contributed by atoms with Crippen LogP contribution in [0.3, 0.4) is 0 Å². The van der Waals surface area contributed by atoms with Crippen molar-refractivity contribution in [1.29, 1.82) is 0 Å². The van der Waals surface area contributed by atoms with E-state index in [-0.39, 0.29) is 29.7 Å². The lowest BCUT2D eigenvalue weighted by molar-refractivity contribution is -0.133. The first-order valence-electron chi connectivity index (χ1n) is 11.7. The molecule has 0 bridgehead atoms. The minimum absolute atomic E-state index is 0.0631. The normalized spacial score (nSPS) is 14.3. The number of hydrogen-bond acceptors (Lipinski definition) is 8. The average Bonchev–Trinajstić information content (AvgIpc) is 2.90. The second-order valence-corrected chi connectivity index (χ2v) is 8.53. The van der Waals surface area contributed by atoms with Gasteiger partial charge in [-0.15, -0.1) is 0 Å². The highest BCUT2D eigenvalue weighted by atomic mass is 35.5. The Morgan fingerprint density at radius 3 is 2.76 bits per heavy atom. The number of anilines is 3. The van der Waals surface area contributed by atoms with E-state index in [1.165, 1.54) is 30.6 Å². The Morgan fingerprint density at radius 2 is 2.00 bits per heavy atom. The fourth-order valence-corrected chi connectivity index (χ4v) is 3.85. The van der Waals surface area contributed by atoms with Gasteiger partial charge in [-0.3, -0.25) is 9.69 Å². The fraction of sp³-hybridized carbons (Fsp3) is 0.320. The van der Waals surface area contributed by atoms with E-state index in [9.17, 15) is 18.0 Å². The van der Waals surface area contributed by atoms with Gasteiger partial charge in [-0.25, -0.2) is 14.4 Å². The highest BCUT2D eigenvalue weighted by Crippen LogP contribution is 2.34. The molecular weight excluding hydrogens is 527 g/mol. The van der Waals surface area contributed by atoms with Gasteiger partial charge in [0.2, 0.25) is 5.91 Å². The number of halogens is 4. The SMILES string of the molecule is O=C(/C=C/CN1CCOCC1)Nc1cc2c(Nc3ccc(F)c(Cl)c3)ncnc2cc1OCCOC(F)F. The number of carbonyl (C=O) groups excluding carboxylic acids is 1. The number of ether oxygens (including phenoxy) is 3. The van der Waals surface area contributed by atoms with Gasteiger partial charge in [-0.1, -0.05) is 17.7 Å². The van der Waals surface area contributed by atoms with Crippen molar-refractivity contribution in [2.45, 2.75) is 6.61 Å². The molecule has 0 aliphatic carbocycles. The van der Waals surface area contributed by atoms with Crippen molar-refractivity contribution in [3.63, 3.8) is 0 Å². The predicted octanol–water partition coefficient (Wildman–Crippen LogP) is 4.61. The van der Waals surface area contributed by atoms with Crippen LogP contribution in [0.2, 0.25) is 5.02 Å². The van der Waals surface area contributed by atoms with Crippen LogP contribution in [-0.4, -0.2) is 73.4 Å². The Kier molecular flexibility index (Phi) is 9.71. The van der Waals surface area contributed by atoms with Crippen LogP contribution in [0, 0.1) is 5.82 Å². The van der Waals surface area contributed by atoms with E-state index >= 15 is 0 Å². The molecular formula is C25H25ClF3N5O4. The summed E-state index contributed by atoms with van der Waals surface area (Å²) >= 11 is 5.89. The number of benzene rings is 2. The van der Waals surface area contributed by atoms with Gasteiger partial charge < -0.3 is 24.8 Å². The van der Waals surface area contributed by atoms with Crippen molar-refractivity contribution in [3.8, 4) is 5.75 Å². The Morgan fingerprint density at radius 1 is 1.18 bits per heavy atom. The van der Waals surface area contributed by atoms with Gasteiger partial charge in [-0.05, 0) is 24.3 Å². The maximum absolute atomic E-state index is 13.6. The topological polar surface area (TPSA) is 97.8 Å². The molecule has 4 rings (SSSR count). The van der Waals surface area contributed by atoms with Crippen molar-refractivity contribution < 1.29 is 32.2 Å². The third-order valence-corrected chi connectivity index (χ3v) is 5.79. The summed E-state index contributed by atoms with van der Waals surface area (Å²) in [5, 5.41) is 6.27. The fourth-order valence-electron chi connectivity index (χ4n) is 3.67. The summed E-state index contributed by atoms with van der Waals surface area (Å²) in [5.41, 5.74) is 1.20. The molecule has 202 valence electrons. The van der Waals surface area contributed by atoms with Crippen LogP contribution in [0.25, 0.3) is 10.9 Å². The summed E-state index contributed by atoms with van der Waals surface area (Å²) in [5.74, 6) is -0.402. The first-order valence-corrected chi connectivity index (χ1v) is 12.1. The number of alkyl halides is 2. The van der Waals surface area contributed by atoms with Crippen molar-refractivity contribution in [2.75, 3.05) is 56.7 Å². The second-order valence-electron chi connectivity index (χ2n) is 8.13. The molecule has 0 radical (unpaired) electrons. The summed E-state index contributed by atoms with van der Waals surface area (Å²) < 4.78 is 53.4. The lowest BCUT2D eigenvalue weighted by Gasteiger charge is -2.25. The molecule has 3 aromatic rings. The molecule has 13 heteroatoms. The monoisotopic (exact) mass is 551 g/mol. The number of morpholine rings is 1. The Bertz CT molecular complexity index is 1290. The van der Waals surface area contributed by atoms with Crippen molar-refractivity contribution in [1.82, 2.24) is 14.9 Å². The minimum atomic E-state index is -2.92. The maximum Gasteiger partial charge on any atom is 0.345 e. The zero-order valence-electron chi connectivity index (χ0n) is 20.1. The molecule has 1 aliphatic heterocycles. The average molecular weight is 552 g/mol. The number of nitrogens with zero attached hydrogens (tertiary/aromatic N) is 3. The lowest BCUT2D eigenvalue weighted by Crippen LogP contribution is -2.36. The van der Waals surface area contributed by atoms with E-state index in [0.29, 0.717) is 42.2 Å². The van der Waals surface area contributed by atoms with Gasteiger partial charge in [0.05, 0.1) is 36.0 Å². The van der Waals surface area contributed by atoms with Gasteiger partial charge in [0.1, 0.15) is 30.3 Å². The quantitative estimate of drug-likeness (QED) is 0.263. The molecule has 2 aromatic carbocycles. The van der Waals surface area contributed by atoms with Crippen molar-refractivity contribution >= 4 is 45.6 Å². The molecule has 2 N–H and O–H groups in total. The number of aromatic nitrogens is 2. The Labute approximate surface area is 221 Å². The van der Waals surface area contributed by atoms with Gasteiger partial charge in [0.25, 0.3) is 0 Å². The number of fused-ring (bicyclic) bond motifs is 1. The van der Waals surface area contributed by atoms with Crippen LogP contribution in [0.5, 0.6) is 5.75 Å². The molecule has 38 heavy (non-hydrogen) atoms. The standard InChI is InChI=1S/C25H25ClF3N5O4/c26-18-12-16(3-4-19(18)27)32-24-17-13-21(33-23(35)2-1-5-34-6-8-36-9-7-34)22(14-20(17)30-15-31-24)37-10-11-38-25(28)29/h1-4,12-15,25H,5-11H2,(H,33,35)(H,30,31,32)/b2-1+. The molecule has 1 saturated heterocycles. The van der Waals surface area contributed by atoms with Crippen LogP contribution in [0.1, 0.15) is 0 Å². The van der Waals surface area contributed by atoms with E-state index in [1.54, 1.807) is 18.2 Å². The molecule has 2 heterocycles. The maximum atomic E-state index is 13.6. The molecule has 0 unspecified atom stereocenters. The van der Waals surface area contributed by atoms with Crippen molar-refractivity contribution in [3.05, 3.63) is 59.7 Å². The van der Waals surface area contributed by atoms with Crippen LogP contribution < -0.4 is 15.4 Å². The highest BCUT2D eigenvalue weighted by molar-refractivity contribution is 6.31. The molecule has 0 spiro atoms. The van der Waals surface area contributed by atoms with E-state index in [4.69, 9.17) is 21.1 Å². The molecule has 9 nitrogen and oxygen atoms in total. The predicted molar refractivity (Wildman–Crippen MR) is 137 cm³/mol. The number of hydrogen-bond donors (Lipinski definition) is 2. The highest BCUT2D eigenvalue weighted by Gasteiger charge is 2.14. The Balaban J connectivity index is 1.57. The van der Waals surface area contributed by atoms with Crippen LogP contribution in [0.15, 0.2) is 48.8 Å². The second kappa shape index (κ2) is 13.4. The van der Waals surface area contributed by atoms with E-state index in [1.807, 2.05) is 0 Å². The Hall–Kier alpha value is -3.45. The van der Waals surface area contributed by atoms with E-state index < -0.39 is 18.3 Å². The molecule has 0 saturated carbocycles. The van der Waals surface area contributed by atoms with Crippen LogP contribution in [-0.2, 0) is 14.3 Å². The number of amides is 1. The van der Waals surface area contributed by atoms with Gasteiger partial charge in [0.15, 0.2) is 0 Å². The zero-order chi connectivity index (χ0) is 26.9. The molecule has 0 atom stereocenters. The lowest BCUT2D eigenvalue weighted by atomic mass is 10.1. The summed E-state index contributed by atoms with van der Waals surface area (Å²) in [4.78, 5) is 23.3.